The Morgan fingerprint density at radius 3 is 2.62 bits per heavy atom. The van der Waals surface area contributed by atoms with Gasteiger partial charge in [-0.25, -0.2) is 9.97 Å². The van der Waals surface area contributed by atoms with Crippen LogP contribution in [0.4, 0.5) is 0 Å². The lowest BCUT2D eigenvalue weighted by atomic mass is 9.67. The van der Waals surface area contributed by atoms with Gasteiger partial charge in [-0.3, -0.25) is 4.98 Å². The molecule has 4 heteroatoms. The lowest BCUT2D eigenvalue weighted by Crippen LogP contribution is -2.46. The molecule has 1 saturated heterocycles. The molecule has 1 aliphatic heterocycles. The zero-order valence-electron chi connectivity index (χ0n) is 15.6. The fourth-order valence-corrected chi connectivity index (χ4v) is 5.05. The van der Waals surface area contributed by atoms with Gasteiger partial charge in [0.15, 0.2) is 0 Å². The van der Waals surface area contributed by atoms with Crippen molar-refractivity contribution in [2.45, 2.75) is 75.2 Å². The second kappa shape index (κ2) is 7.83. The van der Waals surface area contributed by atoms with Gasteiger partial charge in [-0.15, -0.1) is 0 Å². The molecule has 1 aliphatic carbocycles. The molecule has 0 radical (unpaired) electrons. The molecule has 3 heterocycles. The molecular weight excluding hydrogens is 322 g/mol. The third kappa shape index (κ3) is 3.80. The first kappa shape index (κ1) is 17.6. The predicted molar refractivity (Wildman–Crippen MR) is 102 cm³/mol. The molecule has 26 heavy (non-hydrogen) atoms. The molecule has 0 N–H and O–H groups in total. The van der Waals surface area contributed by atoms with Gasteiger partial charge < -0.3 is 4.74 Å². The van der Waals surface area contributed by atoms with E-state index in [0.717, 1.165) is 25.9 Å². The normalized spacial score (nSPS) is 24.8. The minimum Gasteiger partial charge on any atom is -0.375 e. The second-order valence-corrected chi connectivity index (χ2v) is 8.11. The van der Waals surface area contributed by atoms with Crippen molar-refractivity contribution < 1.29 is 4.74 Å². The van der Waals surface area contributed by atoms with Crippen LogP contribution in [0, 0.1) is 0 Å². The average Bonchev–Trinajstić information content (AvgIpc) is 3.14. The van der Waals surface area contributed by atoms with Gasteiger partial charge in [-0.05, 0) is 62.6 Å². The molecule has 138 valence electrons. The molecule has 2 aliphatic rings. The van der Waals surface area contributed by atoms with E-state index >= 15 is 0 Å². The Labute approximate surface area is 156 Å². The van der Waals surface area contributed by atoms with Gasteiger partial charge >= 0.3 is 0 Å². The highest BCUT2D eigenvalue weighted by Gasteiger charge is 2.48. The Morgan fingerprint density at radius 2 is 1.85 bits per heavy atom. The van der Waals surface area contributed by atoms with E-state index < -0.39 is 0 Å². The van der Waals surface area contributed by atoms with E-state index in [9.17, 15) is 0 Å². The van der Waals surface area contributed by atoms with Gasteiger partial charge in [0, 0.05) is 36.3 Å². The van der Waals surface area contributed by atoms with Gasteiger partial charge in [0.2, 0.25) is 0 Å². The lowest BCUT2D eigenvalue weighted by Gasteiger charge is -2.46. The summed E-state index contributed by atoms with van der Waals surface area (Å²) in [5, 5.41) is 0. The van der Waals surface area contributed by atoms with Crippen LogP contribution in [0.2, 0.25) is 0 Å². The minimum atomic E-state index is 0.114. The largest absolute Gasteiger partial charge is 0.375 e. The maximum Gasteiger partial charge on any atom is 0.115 e. The molecule has 4 nitrogen and oxygen atoms in total. The van der Waals surface area contributed by atoms with Crippen molar-refractivity contribution in [2.24, 2.45) is 0 Å². The Balaban J connectivity index is 1.46. The third-order valence-electron chi connectivity index (χ3n) is 6.36. The summed E-state index contributed by atoms with van der Waals surface area (Å²) in [4.78, 5) is 13.0. The minimum absolute atomic E-state index is 0.114. The Morgan fingerprint density at radius 1 is 1.00 bits per heavy atom. The fraction of sp³-hybridized carbons (Fsp3) is 0.591. The molecular formula is C22H29N3O. The van der Waals surface area contributed by atoms with Crippen molar-refractivity contribution in [3.63, 3.8) is 0 Å². The predicted octanol–water partition coefficient (Wildman–Crippen LogP) is 4.65. The molecule has 2 aromatic heterocycles. The maximum atomic E-state index is 6.33. The average molecular weight is 351 g/mol. The first-order valence-electron chi connectivity index (χ1n) is 10.1. The Bertz CT molecular complexity index is 685. The number of hydrogen-bond acceptors (Lipinski definition) is 4. The number of rotatable bonds is 6. The Hall–Kier alpha value is -1.81. The summed E-state index contributed by atoms with van der Waals surface area (Å²) in [7, 11) is 0. The van der Waals surface area contributed by atoms with Gasteiger partial charge in [-0.2, -0.15) is 0 Å². The van der Waals surface area contributed by atoms with E-state index in [0.29, 0.717) is 0 Å². The maximum absolute atomic E-state index is 6.33. The van der Waals surface area contributed by atoms with Crippen LogP contribution >= 0.6 is 0 Å². The van der Waals surface area contributed by atoms with Crippen LogP contribution in [0.3, 0.4) is 0 Å². The highest BCUT2D eigenvalue weighted by atomic mass is 16.5. The summed E-state index contributed by atoms with van der Waals surface area (Å²) >= 11 is 0. The number of aromatic nitrogens is 3. The summed E-state index contributed by atoms with van der Waals surface area (Å²) in [6.07, 6.45) is 19.4. The van der Waals surface area contributed by atoms with Crippen molar-refractivity contribution in [3.05, 3.63) is 54.4 Å². The lowest BCUT2D eigenvalue weighted by molar-refractivity contribution is -0.104. The molecule has 0 aromatic carbocycles. The number of ether oxygens (including phenoxy) is 1. The standard InChI is InChI=1S/C22H29N3O/c1(7-19-15-23-18-24-16-19)3-9-21(20-8-2-6-13-25-20)12-14-26-22(17-21)10-4-5-11-22/h2,6,8,13,15-16,18H,1,3-5,7,9-12,14,17H2/t21-/m1/s1. The molecule has 1 spiro atoms. The number of unbranched alkanes of at least 4 members (excludes halogenated alkanes) is 1. The topological polar surface area (TPSA) is 47.9 Å². The first-order chi connectivity index (χ1) is 12.8. The number of pyridine rings is 1. The van der Waals surface area contributed by atoms with Crippen molar-refractivity contribution in [1.82, 2.24) is 15.0 Å². The zero-order valence-corrected chi connectivity index (χ0v) is 15.6. The number of aryl methyl sites for hydroxylation is 1. The van der Waals surface area contributed by atoms with Gasteiger partial charge in [0.1, 0.15) is 6.33 Å². The van der Waals surface area contributed by atoms with E-state index in [1.54, 1.807) is 6.33 Å². The quantitative estimate of drug-likeness (QED) is 0.711. The summed E-state index contributed by atoms with van der Waals surface area (Å²) in [5.41, 5.74) is 2.80. The van der Waals surface area contributed by atoms with Gasteiger partial charge in [0.25, 0.3) is 0 Å². The van der Waals surface area contributed by atoms with Crippen molar-refractivity contribution in [3.8, 4) is 0 Å². The van der Waals surface area contributed by atoms with Gasteiger partial charge in [-0.1, -0.05) is 25.3 Å². The van der Waals surface area contributed by atoms with Crippen LogP contribution in [0.25, 0.3) is 0 Å². The summed E-state index contributed by atoms with van der Waals surface area (Å²) < 4.78 is 6.33. The smallest absolute Gasteiger partial charge is 0.115 e. The molecule has 0 unspecified atom stereocenters. The molecule has 0 amide bonds. The number of nitrogens with zero attached hydrogens (tertiary/aromatic N) is 3. The SMILES string of the molecule is c1ccc([C@]2(CCCCc3cncnc3)CCOC3(CCCC3)C2)nc1. The van der Waals surface area contributed by atoms with Crippen LogP contribution < -0.4 is 0 Å². The summed E-state index contributed by atoms with van der Waals surface area (Å²) in [5.74, 6) is 0. The van der Waals surface area contributed by atoms with E-state index in [4.69, 9.17) is 9.72 Å². The van der Waals surface area contributed by atoms with Crippen LogP contribution in [-0.2, 0) is 16.6 Å². The molecule has 0 bridgehead atoms. The van der Waals surface area contributed by atoms with Gasteiger partial charge in [0.05, 0.1) is 5.60 Å². The molecule has 2 aromatic rings. The highest BCUT2D eigenvalue weighted by molar-refractivity contribution is 5.20. The fourth-order valence-electron chi connectivity index (χ4n) is 5.05. The van der Waals surface area contributed by atoms with Crippen molar-refractivity contribution in [2.75, 3.05) is 6.61 Å². The van der Waals surface area contributed by atoms with E-state index in [-0.39, 0.29) is 11.0 Å². The molecule has 2 fully saturated rings. The summed E-state index contributed by atoms with van der Waals surface area (Å²) in [6, 6.07) is 6.40. The van der Waals surface area contributed by atoms with Crippen molar-refractivity contribution in [1.29, 1.82) is 0 Å². The Kier molecular flexibility index (Phi) is 5.30. The van der Waals surface area contributed by atoms with Crippen molar-refractivity contribution >= 4 is 0 Å². The molecule has 4 rings (SSSR count). The molecule has 1 atom stereocenters. The van der Waals surface area contributed by atoms with Crippen LogP contribution in [0.1, 0.15) is 69.0 Å². The van der Waals surface area contributed by atoms with Crippen LogP contribution in [0.5, 0.6) is 0 Å². The summed E-state index contributed by atoms with van der Waals surface area (Å²) in [6.45, 7) is 0.878. The monoisotopic (exact) mass is 351 g/mol. The highest BCUT2D eigenvalue weighted by Crippen LogP contribution is 2.50. The molecule has 1 saturated carbocycles. The van der Waals surface area contributed by atoms with E-state index in [1.165, 1.54) is 56.2 Å². The zero-order chi connectivity index (χ0) is 17.7. The third-order valence-corrected chi connectivity index (χ3v) is 6.36. The first-order valence-corrected chi connectivity index (χ1v) is 10.1. The van der Waals surface area contributed by atoms with E-state index in [1.807, 2.05) is 24.7 Å². The second-order valence-electron chi connectivity index (χ2n) is 8.11. The van der Waals surface area contributed by atoms with E-state index in [2.05, 4.69) is 22.1 Å². The van der Waals surface area contributed by atoms with Crippen LogP contribution in [-0.4, -0.2) is 27.2 Å². The number of hydrogen-bond donors (Lipinski definition) is 0. The van der Waals surface area contributed by atoms with Crippen LogP contribution in [0.15, 0.2) is 43.1 Å².